The van der Waals surface area contributed by atoms with Crippen molar-refractivity contribution in [3.63, 3.8) is 0 Å². The molecule has 0 aliphatic heterocycles. The molecule has 0 bridgehead atoms. The lowest BCUT2D eigenvalue weighted by Gasteiger charge is -2.18. The van der Waals surface area contributed by atoms with Gasteiger partial charge in [-0.15, -0.1) is 5.10 Å². The zero-order valence-corrected chi connectivity index (χ0v) is 18.1. The van der Waals surface area contributed by atoms with Gasteiger partial charge in [-0.3, -0.25) is 9.36 Å². The molecule has 7 nitrogen and oxygen atoms in total. The fourth-order valence-corrected chi connectivity index (χ4v) is 4.38. The summed E-state index contributed by atoms with van der Waals surface area (Å²) >= 11 is 1.48. The van der Waals surface area contributed by atoms with Crippen molar-refractivity contribution in [2.45, 2.75) is 50.6 Å². The van der Waals surface area contributed by atoms with Crippen LogP contribution in [-0.4, -0.2) is 29.8 Å². The first-order chi connectivity index (χ1) is 14.6. The fourth-order valence-electron chi connectivity index (χ4n) is 3.44. The van der Waals surface area contributed by atoms with E-state index in [9.17, 15) is 4.79 Å². The van der Waals surface area contributed by atoms with E-state index in [1.807, 2.05) is 42.5 Å². The van der Waals surface area contributed by atoms with Gasteiger partial charge in [-0.05, 0) is 46.5 Å². The maximum absolute atomic E-state index is 13.5. The summed E-state index contributed by atoms with van der Waals surface area (Å²) in [6, 6.07) is 15.5. The van der Waals surface area contributed by atoms with Crippen LogP contribution in [0.3, 0.4) is 0 Å². The Morgan fingerprint density at radius 3 is 2.63 bits per heavy atom. The number of fused-ring (bicyclic) bond motifs is 1. The molecule has 0 atom stereocenters. The molecule has 0 aliphatic rings. The number of aryl methyl sites for hydroxylation is 1. The summed E-state index contributed by atoms with van der Waals surface area (Å²) in [5.74, 6) is 1.57. The summed E-state index contributed by atoms with van der Waals surface area (Å²) in [5, 5.41) is 13.2. The normalized spacial score (nSPS) is 11.5. The lowest BCUT2D eigenvalue weighted by atomic mass is 10.0. The number of rotatable bonds is 7. The van der Waals surface area contributed by atoms with Crippen molar-refractivity contribution in [3.8, 4) is 5.69 Å². The average Bonchev–Trinajstić information content (AvgIpc) is 3.20. The molecule has 0 spiro atoms. The van der Waals surface area contributed by atoms with Crippen LogP contribution >= 0.6 is 11.8 Å². The van der Waals surface area contributed by atoms with Gasteiger partial charge in [0.2, 0.25) is 0 Å². The van der Waals surface area contributed by atoms with Crippen LogP contribution in [0.25, 0.3) is 16.6 Å². The van der Waals surface area contributed by atoms with Gasteiger partial charge in [0.1, 0.15) is 0 Å². The monoisotopic (exact) mass is 420 g/mol. The highest BCUT2D eigenvalue weighted by molar-refractivity contribution is 7.98. The molecule has 0 amide bonds. The summed E-state index contributed by atoms with van der Waals surface area (Å²) in [4.78, 5) is 18.4. The maximum Gasteiger partial charge on any atom is 0.266 e. The van der Waals surface area contributed by atoms with E-state index in [4.69, 9.17) is 4.98 Å². The van der Waals surface area contributed by atoms with E-state index >= 15 is 0 Å². The molecule has 4 aromatic rings. The van der Waals surface area contributed by atoms with Gasteiger partial charge in [0.15, 0.2) is 11.0 Å². The molecular weight excluding hydrogens is 396 g/mol. The first kappa shape index (κ1) is 20.3. The SMILES string of the molecule is CCCn1nnnc1CSc1nc2ccccc2c(=O)n1-c1ccccc1C(C)C. The summed E-state index contributed by atoms with van der Waals surface area (Å²) in [6.07, 6.45) is 0.948. The number of nitrogens with zero attached hydrogens (tertiary/aromatic N) is 6. The third-order valence-electron chi connectivity index (χ3n) is 4.92. The topological polar surface area (TPSA) is 78.5 Å². The molecule has 0 saturated carbocycles. The molecule has 2 heterocycles. The third kappa shape index (κ3) is 3.87. The van der Waals surface area contributed by atoms with E-state index < -0.39 is 0 Å². The van der Waals surface area contributed by atoms with Crippen molar-refractivity contribution in [2.75, 3.05) is 0 Å². The smallest absolute Gasteiger partial charge is 0.266 e. The number of tetrazole rings is 1. The van der Waals surface area contributed by atoms with Gasteiger partial charge in [0.05, 0.1) is 22.3 Å². The average molecular weight is 421 g/mol. The Balaban J connectivity index is 1.85. The highest BCUT2D eigenvalue weighted by Crippen LogP contribution is 2.28. The summed E-state index contributed by atoms with van der Waals surface area (Å²) < 4.78 is 3.54. The number of thioether (sulfide) groups is 1. The van der Waals surface area contributed by atoms with E-state index in [0.717, 1.165) is 30.0 Å². The molecule has 0 N–H and O–H groups in total. The third-order valence-corrected chi connectivity index (χ3v) is 5.85. The first-order valence-electron chi connectivity index (χ1n) is 10.1. The Kier molecular flexibility index (Phi) is 5.94. The number of aromatic nitrogens is 6. The second-order valence-electron chi connectivity index (χ2n) is 7.37. The van der Waals surface area contributed by atoms with E-state index in [1.165, 1.54) is 11.8 Å². The molecule has 2 aromatic heterocycles. The van der Waals surface area contributed by atoms with Gasteiger partial charge in [0.25, 0.3) is 5.56 Å². The molecule has 0 radical (unpaired) electrons. The van der Waals surface area contributed by atoms with Crippen molar-refractivity contribution in [1.82, 2.24) is 29.8 Å². The van der Waals surface area contributed by atoms with Crippen molar-refractivity contribution >= 4 is 22.7 Å². The van der Waals surface area contributed by atoms with Crippen LogP contribution in [0.1, 0.15) is 44.5 Å². The molecule has 8 heteroatoms. The highest BCUT2D eigenvalue weighted by Gasteiger charge is 2.18. The molecule has 30 heavy (non-hydrogen) atoms. The van der Waals surface area contributed by atoms with Gasteiger partial charge in [-0.25, -0.2) is 9.67 Å². The van der Waals surface area contributed by atoms with Gasteiger partial charge in [-0.2, -0.15) is 0 Å². The Hall–Kier alpha value is -3.00. The number of benzene rings is 2. The molecule has 0 saturated heterocycles. The van der Waals surface area contributed by atoms with Crippen molar-refractivity contribution < 1.29 is 0 Å². The summed E-state index contributed by atoms with van der Waals surface area (Å²) in [5.41, 5.74) is 2.60. The zero-order valence-electron chi connectivity index (χ0n) is 17.3. The van der Waals surface area contributed by atoms with E-state index in [0.29, 0.717) is 21.8 Å². The number of hydrogen-bond acceptors (Lipinski definition) is 6. The van der Waals surface area contributed by atoms with Crippen molar-refractivity contribution in [1.29, 1.82) is 0 Å². The maximum atomic E-state index is 13.5. The van der Waals surface area contributed by atoms with Crippen LogP contribution in [-0.2, 0) is 12.3 Å². The largest absolute Gasteiger partial charge is 0.268 e. The predicted octanol–water partition coefficient (Wildman–Crippen LogP) is 4.20. The first-order valence-corrected chi connectivity index (χ1v) is 11.1. The standard InChI is InChI=1S/C22H24N6OS/c1-4-13-27-20(24-25-26-27)14-30-22-23-18-11-7-5-10-17(18)21(29)28(22)19-12-8-6-9-16(19)15(2)3/h5-12,15H,4,13-14H2,1-3H3. The van der Waals surface area contributed by atoms with Crippen LogP contribution in [0.15, 0.2) is 58.5 Å². The predicted molar refractivity (Wildman–Crippen MR) is 119 cm³/mol. The Bertz CT molecular complexity index is 1230. The lowest BCUT2D eigenvalue weighted by Crippen LogP contribution is -2.23. The van der Waals surface area contributed by atoms with Gasteiger partial charge < -0.3 is 0 Å². The second kappa shape index (κ2) is 8.79. The lowest BCUT2D eigenvalue weighted by molar-refractivity contribution is 0.564. The molecule has 0 fully saturated rings. The van der Waals surface area contributed by atoms with Crippen LogP contribution in [0, 0.1) is 0 Å². The zero-order chi connectivity index (χ0) is 21.1. The second-order valence-corrected chi connectivity index (χ2v) is 8.32. The Labute approximate surface area is 179 Å². The van der Waals surface area contributed by atoms with E-state index in [1.54, 1.807) is 9.25 Å². The van der Waals surface area contributed by atoms with Crippen LogP contribution < -0.4 is 5.56 Å². The molecule has 154 valence electrons. The van der Waals surface area contributed by atoms with Gasteiger partial charge in [0, 0.05) is 6.54 Å². The van der Waals surface area contributed by atoms with Gasteiger partial charge in [-0.1, -0.05) is 62.9 Å². The molecule has 2 aromatic carbocycles. The number of para-hydroxylation sites is 2. The van der Waals surface area contributed by atoms with Crippen LogP contribution in [0.5, 0.6) is 0 Å². The van der Waals surface area contributed by atoms with Crippen molar-refractivity contribution in [3.05, 3.63) is 70.3 Å². The Morgan fingerprint density at radius 1 is 1.07 bits per heavy atom. The minimum atomic E-state index is -0.0654. The molecular formula is C22H24N6OS. The quantitative estimate of drug-likeness (QED) is 0.329. The summed E-state index contributed by atoms with van der Waals surface area (Å²) in [7, 11) is 0. The van der Waals surface area contributed by atoms with Crippen LogP contribution in [0.4, 0.5) is 0 Å². The fraction of sp³-hybridized carbons (Fsp3) is 0.318. The number of hydrogen-bond donors (Lipinski definition) is 0. The summed E-state index contributed by atoms with van der Waals surface area (Å²) in [6.45, 7) is 7.11. The van der Waals surface area contributed by atoms with E-state index in [2.05, 4.69) is 42.4 Å². The van der Waals surface area contributed by atoms with Crippen molar-refractivity contribution in [2.24, 2.45) is 0 Å². The highest BCUT2D eigenvalue weighted by atomic mass is 32.2. The Morgan fingerprint density at radius 2 is 1.83 bits per heavy atom. The van der Waals surface area contributed by atoms with E-state index in [-0.39, 0.29) is 11.5 Å². The minimum Gasteiger partial charge on any atom is -0.268 e. The van der Waals surface area contributed by atoms with Crippen LogP contribution in [0.2, 0.25) is 0 Å². The molecule has 4 rings (SSSR count). The van der Waals surface area contributed by atoms with Gasteiger partial charge >= 0.3 is 0 Å². The molecule has 0 unspecified atom stereocenters. The molecule has 0 aliphatic carbocycles. The minimum absolute atomic E-state index is 0.0654.